The van der Waals surface area contributed by atoms with Crippen LogP contribution in [0.25, 0.3) is 56.2 Å². The van der Waals surface area contributed by atoms with Crippen molar-refractivity contribution in [2.75, 3.05) is 9.80 Å². The Morgan fingerprint density at radius 1 is 0.320 bits per heavy atom. The molecule has 9 aromatic carbocycles. The quantitative estimate of drug-likeness (QED) is 0.135. The van der Waals surface area contributed by atoms with Crippen LogP contribution in [0.15, 0.2) is 224 Å². The van der Waals surface area contributed by atoms with Crippen molar-refractivity contribution < 1.29 is 0 Å². The first-order valence-electron chi connectivity index (χ1n) is 27.6. The molecule has 0 atom stereocenters. The van der Waals surface area contributed by atoms with E-state index in [0.717, 1.165) is 39.5 Å². The van der Waals surface area contributed by atoms with Crippen molar-refractivity contribution in [2.45, 2.75) is 76.0 Å². The maximum absolute atomic E-state index is 5.54. The zero-order valence-electron chi connectivity index (χ0n) is 42.5. The number of hydrogen-bond donors (Lipinski definition) is 0. The summed E-state index contributed by atoms with van der Waals surface area (Å²) in [5.41, 5.74) is 23.9. The molecule has 2 aliphatic heterocycles. The number of nitrogens with zero attached hydrogens (tertiary/aromatic N) is 4. The van der Waals surface area contributed by atoms with Crippen LogP contribution in [0.2, 0.25) is 0 Å². The molecular formula is C70H59BN4. The Labute approximate surface area is 442 Å². The third kappa shape index (κ3) is 8.45. The fraction of sp³-hybridized carbons (Fsp3) is 0.171. The van der Waals surface area contributed by atoms with Crippen LogP contribution < -0.4 is 26.2 Å². The van der Waals surface area contributed by atoms with Gasteiger partial charge in [0.15, 0.2) is 5.82 Å². The lowest BCUT2D eigenvalue weighted by molar-refractivity contribution is 0.444. The van der Waals surface area contributed by atoms with Crippen molar-refractivity contribution in [3.63, 3.8) is 0 Å². The van der Waals surface area contributed by atoms with E-state index in [-0.39, 0.29) is 6.71 Å². The normalized spacial score (nSPS) is 15.3. The summed E-state index contributed by atoms with van der Waals surface area (Å²) in [7, 11) is 0. The first-order valence-corrected chi connectivity index (χ1v) is 27.6. The van der Waals surface area contributed by atoms with Gasteiger partial charge in [0.2, 0.25) is 0 Å². The van der Waals surface area contributed by atoms with E-state index in [2.05, 4.69) is 234 Å². The van der Waals surface area contributed by atoms with E-state index in [0.29, 0.717) is 17.7 Å². The number of fused-ring (bicyclic) bond motifs is 4. The van der Waals surface area contributed by atoms with Crippen molar-refractivity contribution in [3.8, 4) is 56.2 Å². The van der Waals surface area contributed by atoms with Gasteiger partial charge >= 0.3 is 0 Å². The lowest BCUT2D eigenvalue weighted by Gasteiger charge is -2.45. The second-order valence-electron chi connectivity index (χ2n) is 21.4. The van der Waals surface area contributed by atoms with Gasteiger partial charge in [-0.05, 0) is 142 Å². The molecule has 75 heavy (non-hydrogen) atoms. The van der Waals surface area contributed by atoms with Crippen LogP contribution in [0.5, 0.6) is 0 Å². The second kappa shape index (κ2) is 19.5. The lowest BCUT2D eigenvalue weighted by atomic mass is 9.33. The Morgan fingerprint density at radius 3 is 1.15 bits per heavy atom. The van der Waals surface area contributed by atoms with Crippen molar-refractivity contribution in [3.05, 3.63) is 236 Å². The summed E-state index contributed by atoms with van der Waals surface area (Å²) in [4.78, 5) is 16.0. The van der Waals surface area contributed by atoms with E-state index in [1.807, 2.05) is 0 Å². The van der Waals surface area contributed by atoms with E-state index in [1.54, 1.807) is 0 Å². The Hall–Kier alpha value is -8.28. The summed E-state index contributed by atoms with van der Waals surface area (Å²) in [6.45, 7) is -0.000274. The van der Waals surface area contributed by atoms with Gasteiger partial charge < -0.3 is 9.80 Å². The van der Waals surface area contributed by atoms with Gasteiger partial charge in [-0.2, -0.15) is 0 Å². The van der Waals surface area contributed by atoms with Crippen molar-refractivity contribution in [1.82, 2.24) is 9.97 Å². The highest BCUT2D eigenvalue weighted by Crippen LogP contribution is 2.49. The molecule has 14 rings (SSSR count). The molecule has 0 radical (unpaired) electrons. The average molecular weight is 967 g/mol. The van der Waals surface area contributed by atoms with Gasteiger partial charge in [-0.25, -0.2) is 9.97 Å². The smallest absolute Gasteiger partial charge is 0.252 e. The van der Waals surface area contributed by atoms with Crippen LogP contribution in [-0.4, -0.2) is 16.7 Å². The van der Waals surface area contributed by atoms with Crippen LogP contribution in [-0.2, 0) is 0 Å². The molecule has 10 aromatic rings. The standard InChI is InChI=1S/C70H59BN4/c1-7-19-48(20-8-1)52-31-37-59(38-32-52)74-65-43-56(50-23-11-3-12-24-50)35-41-61(65)71-62-42-36-57(51-25-13-4-14-26-51)44-66(62)75(60-39-33-53(34-40-60)49-21-9-2-10-22-49)68-46-58(45-67(74)69(68)71)64-47-63(54-27-15-5-16-28-54)72-70(73-64)55-29-17-6-18-30-55/h1-2,5-10,15-22,27-47,50-51H,3-4,11-14,23-26H2. The number of aromatic nitrogens is 2. The van der Waals surface area contributed by atoms with Gasteiger partial charge in [0.1, 0.15) is 0 Å². The lowest BCUT2D eigenvalue weighted by Crippen LogP contribution is -2.61. The predicted molar refractivity (Wildman–Crippen MR) is 315 cm³/mol. The zero-order chi connectivity index (χ0) is 49.7. The Morgan fingerprint density at radius 2 is 0.707 bits per heavy atom. The topological polar surface area (TPSA) is 32.3 Å². The van der Waals surface area contributed by atoms with Crippen LogP contribution in [0.1, 0.15) is 87.2 Å². The van der Waals surface area contributed by atoms with E-state index in [9.17, 15) is 0 Å². The molecule has 0 spiro atoms. The van der Waals surface area contributed by atoms with E-state index in [1.165, 1.54) is 137 Å². The molecule has 3 heterocycles. The molecule has 0 N–H and O–H groups in total. The molecule has 2 fully saturated rings. The molecule has 2 saturated carbocycles. The minimum atomic E-state index is -0.000274. The fourth-order valence-corrected chi connectivity index (χ4v) is 13.0. The van der Waals surface area contributed by atoms with Crippen LogP contribution in [0.3, 0.4) is 0 Å². The summed E-state index contributed by atoms with van der Waals surface area (Å²) >= 11 is 0. The van der Waals surface area contributed by atoms with Crippen molar-refractivity contribution in [1.29, 1.82) is 0 Å². The monoisotopic (exact) mass is 966 g/mol. The summed E-state index contributed by atoms with van der Waals surface area (Å²) in [5.74, 6) is 1.81. The van der Waals surface area contributed by atoms with Gasteiger partial charge in [-0.15, -0.1) is 0 Å². The van der Waals surface area contributed by atoms with Crippen molar-refractivity contribution in [2.24, 2.45) is 0 Å². The molecule has 4 aliphatic rings. The summed E-state index contributed by atoms with van der Waals surface area (Å²) in [6, 6.07) is 83.5. The van der Waals surface area contributed by atoms with Crippen molar-refractivity contribution >= 4 is 57.2 Å². The van der Waals surface area contributed by atoms with Crippen LogP contribution in [0, 0.1) is 0 Å². The summed E-state index contributed by atoms with van der Waals surface area (Å²) in [5, 5.41) is 0. The maximum Gasteiger partial charge on any atom is 0.252 e. The van der Waals surface area contributed by atoms with E-state index < -0.39 is 0 Å². The SMILES string of the molecule is c1ccc(-c2ccc(N3c4cc(C5CCCCC5)ccc4B4c5ccc(C6CCCCC6)cc5N(c5ccc(-c6ccccc6)cc5)c5cc(-c6cc(-c7ccccc7)nc(-c7ccccc7)n6)cc3c54)cc2)cc1. The average Bonchev–Trinajstić information content (AvgIpc) is 3.50. The Balaban J connectivity index is 1.05. The van der Waals surface area contributed by atoms with Crippen LogP contribution in [0.4, 0.5) is 34.1 Å². The second-order valence-corrected chi connectivity index (χ2v) is 21.4. The molecule has 2 aliphatic carbocycles. The highest BCUT2D eigenvalue weighted by Gasteiger charge is 2.44. The zero-order valence-corrected chi connectivity index (χ0v) is 42.5. The number of anilines is 6. The van der Waals surface area contributed by atoms with Gasteiger partial charge in [0.05, 0.1) is 11.4 Å². The molecule has 1 aromatic heterocycles. The molecule has 0 amide bonds. The maximum atomic E-state index is 5.54. The molecule has 0 saturated heterocycles. The minimum Gasteiger partial charge on any atom is -0.311 e. The summed E-state index contributed by atoms with van der Waals surface area (Å²) in [6.07, 6.45) is 12.8. The highest BCUT2D eigenvalue weighted by molar-refractivity contribution is 7.00. The molecule has 0 unspecified atom stereocenters. The fourth-order valence-electron chi connectivity index (χ4n) is 13.0. The molecule has 4 nitrogen and oxygen atoms in total. The first kappa shape index (κ1) is 45.3. The Kier molecular flexibility index (Phi) is 11.8. The van der Waals surface area contributed by atoms with Gasteiger partial charge in [-0.3, -0.25) is 0 Å². The third-order valence-electron chi connectivity index (χ3n) is 16.9. The molecule has 5 heteroatoms. The van der Waals surface area contributed by atoms with Crippen LogP contribution >= 0.6 is 0 Å². The third-order valence-corrected chi connectivity index (χ3v) is 16.9. The minimum absolute atomic E-state index is 0.000274. The van der Waals surface area contributed by atoms with E-state index >= 15 is 0 Å². The summed E-state index contributed by atoms with van der Waals surface area (Å²) < 4.78 is 0. The van der Waals surface area contributed by atoms with Gasteiger partial charge in [0, 0.05) is 50.8 Å². The molecular weight excluding hydrogens is 908 g/mol. The molecule has 0 bridgehead atoms. The number of rotatable bonds is 9. The Bertz CT molecular complexity index is 3430. The highest BCUT2D eigenvalue weighted by atomic mass is 15.2. The largest absolute Gasteiger partial charge is 0.311 e. The first-order chi connectivity index (χ1) is 37.2. The predicted octanol–water partition coefficient (Wildman–Crippen LogP) is 17.0. The molecule has 362 valence electrons. The number of hydrogen-bond acceptors (Lipinski definition) is 4. The van der Waals surface area contributed by atoms with Gasteiger partial charge in [-0.1, -0.05) is 208 Å². The van der Waals surface area contributed by atoms with E-state index in [4.69, 9.17) is 9.97 Å². The van der Waals surface area contributed by atoms with Gasteiger partial charge in [0.25, 0.3) is 6.71 Å². The number of benzene rings is 9.